The molecule has 32 heavy (non-hydrogen) atoms. The molecule has 0 aliphatic heterocycles. The molecular formula is C25H26N6O. The van der Waals surface area contributed by atoms with Crippen molar-refractivity contribution in [1.82, 2.24) is 19.7 Å². The number of nitrogens with two attached hydrogens (primary N) is 1. The molecule has 7 nitrogen and oxygen atoms in total. The lowest BCUT2D eigenvalue weighted by molar-refractivity contribution is 0.0951. The molecule has 2 aromatic heterocycles. The van der Waals surface area contributed by atoms with Gasteiger partial charge in [0.1, 0.15) is 0 Å². The Hall–Kier alpha value is -3.71. The monoisotopic (exact) mass is 426 g/mol. The standard InChI is InChI=1S/C25H26N6O/c1-16(26)13-27-23-24-28-14-22(31(24)15-21(30-23)17-5-3-2-4-6-17)18-7-9-19(10-8-18)25(32)29-20-11-12-20/h2-10,14-16,20H,11-13,26H2,1H3,(H,27,30)(H,29,32). The van der Waals surface area contributed by atoms with Crippen LogP contribution in [0.2, 0.25) is 0 Å². The summed E-state index contributed by atoms with van der Waals surface area (Å²) in [6.45, 7) is 2.54. The summed E-state index contributed by atoms with van der Waals surface area (Å²) in [5.74, 6) is 0.672. The fraction of sp³-hybridized carbons (Fsp3) is 0.240. The van der Waals surface area contributed by atoms with Gasteiger partial charge in [0.25, 0.3) is 5.91 Å². The average molecular weight is 427 g/mol. The first-order chi connectivity index (χ1) is 15.6. The van der Waals surface area contributed by atoms with Crippen LogP contribution in [0.1, 0.15) is 30.1 Å². The Bertz CT molecular complexity index is 1240. The molecule has 1 aliphatic carbocycles. The first kappa shape index (κ1) is 20.2. The van der Waals surface area contributed by atoms with E-state index in [0.717, 1.165) is 41.0 Å². The number of carbonyl (C=O) groups excluding carboxylic acids is 1. The van der Waals surface area contributed by atoms with E-state index in [9.17, 15) is 4.79 Å². The molecule has 1 unspecified atom stereocenters. The Kier molecular flexibility index (Phi) is 5.33. The number of hydrogen-bond acceptors (Lipinski definition) is 5. The molecule has 0 spiro atoms. The Balaban J connectivity index is 1.54. The lowest BCUT2D eigenvalue weighted by atomic mass is 10.1. The van der Waals surface area contributed by atoms with E-state index < -0.39 is 0 Å². The lowest BCUT2D eigenvalue weighted by Gasteiger charge is -2.13. The number of aromatic nitrogens is 3. The number of nitrogens with zero attached hydrogens (tertiary/aromatic N) is 3. The van der Waals surface area contributed by atoms with Gasteiger partial charge in [-0.1, -0.05) is 42.5 Å². The van der Waals surface area contributed by atoms with Crippen LogP contribution in [-0.2, 0) is 0 Å². The lowest BCUT2D eigenvalue weighted by Crippen LogP contribution is -2.25. The molecule has 4 N–H and O–H groups in total. The minimum absolute atomic E-state index is 0.0130. The van der Waals surface area contributed by atoms with Gasteiger partial charge in [0.2, 0.25) is 0 Å². The molecule has 1 amide bonds. The second-order valence-corrected chi connectivity index (χ2v) is 8.36. The Morgan fingerprint density at radius 3 is 2.56 bits per heavy atom. The number of rotatable bonds is 7. The maximum atomic E-state index is 12.3. The zero-order valence-corrected chi connectivity index (χ0v) is 18.0. The van der Waals surface area contributed by atoms with Crippen LogP contribution in [0.4, 0.5) is 5.82 Å². The maximum Gasteiger partial charge on any atom is 0.251 e. The molecular weight excluding hydrogens is 400 g/mol. The van der Waals surface area contributed by atoms with Crippen LogP contribution in [-0.4, -0.2) is 38.9 Å². The van der Waals surface area contributed by atoms with Crippen molar-refractivity contribution in [3.8, 4) is 22.5 Å². The summed E-state index contributed by atoms with van der Waals surface area (Å²) < 4.78 is 2.04. The minimum atomic E-state index is -0.0184. The second kappa shape index (κ2) is 8.43. The first-order valence-electron chi connectivity index (χ1n) is 10.9. The molecule has 0 saturated heterocycles. The molecule has 1 saturated carbocycles. The van der Waals surface area contributed by atoms with E-state index in [1.807, 2.05) is 78.3 Å². The topological polar surface area (TPSA) is 97.3 Å². The number of carbonyl (C=O) groups is 1. The number of benzene rings is 2. The molecule has 1 aliphatic rings. The summed E-state index contributed by atoms with van der Waals surface area (Å²) in [5.41, 5.74) is 11.1. The Morgan fingerprint density at radius 1 is 1.12 bits per heavy atom. The van der Waals surface area contributed by atoms with Gasteiger partial charge in [0.15, 0.2) is 11.5 Å². The molecule has 2 heterocycles. The van der Waals surface area contributed by atoms with Gasteiger partial charge in [0.05, 0.1) is 17.6 Å². The number of nitrogens with one attached hydrogen (secondary N) is 2. The Morgan fingerprint density at radius 2 is 1.88 bits per heavy atom. The van der Waals surface area contributed by atoms with Crippen molar-refractivity contribution < 1.29 is 4.79 Å². The highest BCUT2D eigenvalue weighted by molar-refractivity contribution is 5.95. The third-order valence-corrected chi connectivity index (χ3v) is 5.51. The van der Waals surface area contributed by atoms with Gasteiger partial charge in [-0.15, -0.1) is 0 Å². The van der Waals surface area contributed by atoms with Gasteiger partial charge in [-0.25, -0.2) is 9.97 Å². The van der Waals surface area contributed by atoms with Crippen LogP contribution in [0.5, 0.6) is 0 Å². The molecule has 0 bridgehead atoms. The van der Waals surface area contributed by atoms with Crippen LogP contribution in [0.25, 0.3) is 28.2 Å². The normalized spacial score (nSPS) is 14.3. The van der Waals surface area contributed by atoms with Crippen molar-refractivity contribution in [2.45, 2.75) is 31.8 Å². The van der Waals surface area contributed by atoms with Crippen molar-refractivity contribution in [1.29, 1.82) is 0 Å². The largest absolute Gasteiger partial charge is 0.365 e. The highest BCUT2D eigenvalue weighted by Gasteiger charge is 2.23. The predicted octanol–water partition coefficient (Wildman–Crippen LogP) is 3.71. The molecule has 0 radical (unpaired) electrons. The van der Waals surface area contributed by atoms with Crippen molar-refractivity contribution >= 4 is 17.4 Å². The third-order valence-electron chi connectivity index (χ3n) is 5.51. The van der Waals surface area contributed by atoms with Crippen LogP contribution in [0, 0.1) is 0 Å². The number of anilines is 1. The Labute approximate surface area is 186 Å². The predicted molar refractivity (Wildman–Crippen MR) is 126 cm³/mol. The summed E-state index contributed by atoms with van der Waals surface area (Å²) in [7, 11) is 0. The zero-order valence-electron chi connectivity index (χ0n) is 18.0. The van der Waals surface area contributed by atoms with Crippen LogP contribution in [0.15, 0.2) is 67.0 Å². The number of amides is 1. The maximum absolute atomic E-state index is 12.3. The van der Waals surface area contributed by atoms with E-state index in [0.29, 0.717) is 24.0 Å². The summed E-state index contributed by atoms with van der Waals surface area (Å²) in [6, 6.07) is 18.0. The smallest absolute Gasteiger partial charge is 0.251 e. The van der Waals surface area contributed by atoms with Gasteiger partial charge in [-0.05, 0) is 31.9 Å². The second-order valence-electron chi connectivity index (χ2n) is 8.36. The SMILES string of the molecule is CC(N)CNc1nc(-c2ccccc2)cn2c(-c3ccc(C(=O)NC4CC4)cc3)cnc12. The van der Waals surface area contributed by atoms with Gasteiger partial charge in [-0.2, -0.15) is 0 Å². The summed E-state index contributed by atoms with van der Waals surface area (Å²) in [6.07, 6.45) is 5.98. The number of imidazole rings is 1. The molecule has 1 fully saturated rings. The number of hydrogen-bond donors (Lipinski definition) is 3. The van der Waals surface area contributed by atoms with E-state index in [1.54, 1.807) is 0 Å². The quantitative estimate of drug-likeness (QED) is 0.419. The van der Waals surface area contributed by atoms with Gasteiger partial charge < -0.3 is 16.4 Å². The van der Waals surface area contributed by atoms with Crippen LogP contribution < -0.4 is 16.4 Å². The van der Waals surface area contributed by atoms with Crippen LogP contribution >= 0.6 is 0 Å². The van der Waals surface area contributed by atoms with Crippen molar-refractivity contribution in [3.05, 3.63) is 72.6 Å². The molecule has 5 rings (SSSR count). The van der Waals surface area contributed by atoms with E-state index in [-0.39, 0.29) is 11.9 Å². The van der Waals surface area contributed by atoms with Gasteiger partial charge in [-0.3, -0.25) is 9.20 Å². The summed E-state index contributed by atoms with van der Waals surface area (Å²) in [5, 5.41) is 6.36. The molecule has 4 aromatic rings. The molecule has 2 aromatic carbocycles. The van der Waals surface area contributed by atoms with Crippen molar-refractivity contribution in [2.24, 2.45) is 5.73 Å². The first-order valence-corrected chi connectivity index (χ1v) is 10.9. The average Bonchev–Trinajstić information content (AvgIpc) is 3.53. The fourth-order valence-electron chi connectivity index (χ4n) is 3.61. The van der Waals surface area contributed by atoms with Gasteiger partial charge in [0, 0.05) is 41.5 Å². The van der Waals surface area contributed by atoms with Crippen molar-refractivity contribution in [3.63, 3.8) is 0 Å². The van der Waals surface area contributed by atoms with E-state index in [4.69, 9.17) is 10.7 Å². The van der Waals surface area contributed by atoms with E-state index in [2.05, 4.69) is 15.6 Å². The summed E-state index contributed by atoms with van der Waals surface area (Å²) >= 11 is 0. The van der Waals surface area contributed by atoms with E-state index in [1.165, 1.54) is 0 Å². The molecule has 1 atom stereocenters. The van der Waals surface area contributed by atoms with Crippen LogP contribution in [0.3, 0.4) is 0 Å². The highest BCUT2D eigenvalue weighted by Crippen LogP contribution is 2.28. The number of fused-ring (bicyclic) bond motifs is 1. The zero-order chi connectivity index (χ0) is 22.1. The highest BCUT2D eigenvalue weighted by atomic mass is 16.1. The fourth-order valence-corrected chi connectivity index (χ4v) is 3.61. The summed E-state index contributed by atoms with van der Waals surface area (Å²) in [4.78, 5) is 21.8. The third kappa shape index (κ3) is 4.20. The van der Waals surface area contributed by atoms with Crippen molar-refractivity contribution in [2.75, 3.05) is 11.9 Å². The minimum Gasteiger partial charge on any atom is -0.365 e. The molecule has 7 heteroatoms. The molecule has 162 valence electrons. The van der Waals surface area contributed by atoms with Gasteiger partial charge >= 0.3 is 0 Å². The van der Waals surface area contributed by atoms with E-state index >= 15 is 0 Å².